The lowest BCUT2D eigenvalue weighted by atomic mass is 9.85. The Morgan fingerprint density at radius 1 is 1.29 bits per heavy atom. The normalized spacial score (nSPS) is 19.7. The molecule has 1 aliphatic carbocycles. The molecular weight excluding hydrogens is 332 g/mol. The Balaban J connectivity index is 1.62. The number of rotatable bonds is 6. The Bertz CT molecular complexity index is 535. The van der Waals surface area contributed by atoms with Gasteiger partial charge in [-0.05, 0) is 60.6 Å². The molecule has 0 atom stereocenters. The molecule has 0 bridgehead atoms. The van der Waals surface area contributed by atoms with Crippen molar-refractivity contribution in [1.82, 2.24) is 14.7 Å². The molecule has 116 valence electrons. The van der Waals surface area contributed by atoms with E-state index in [1.807, 2.05) is 0 Å². The van der Waals surface area contributed by atoms with E-state index in [1.54, 1.807) is 10.9 Å². The van der Waals surface area contributed by atoms with Gasteiger partial charge in [0.05, 0.1) is 10.7 Å². The number of likely N-dealkylation sites (tertiary alicyclic amines) is 1. The molecule has 0 unspecified atom stereocenters. The van der Waals surface area contributed by atoms with Crippen LogP contribution in [-0.2, 0) is 6.54 Å². The Morgan fingerprint density at radius 2 is 2.05 bits per heavy atom. The third kappa shape index (κ3) is 3.66. The smallest absolute Gasteiger partial charge is 0.291 e. The maximum absolute atomic E-state index is 12.5. The number of hydrogen-bond acceptors (Lipinski definition) is 4. The SMILES string of the molecule is O=c1c(NCCN2CCCC2)c(Br)cnn1CC1CCC1. The van der Waals surface area contributed by atoms with Gasteiger partial charge < -0.3 is 10.2 Å². The van der Waals surface area contributed by atoms with Crippen LogP contribution in [0.5, 0.6) is 0 Å². The first-order valence-electron chi connectivity index (χ1n) is 7.96. The van der Waals surface area contributed by atoms with E-state index in [2.05, 4.69) is 31.2 Å². The molecule has 2 fully saturated rings. The Morgan fingerprint density at radius 3 is 2.71 bits per heavy atom. The Hall–Kier alpha value is -0.880. The summed E-state index contributed by atoms with van der Waals surface area (Å²) < 4.78 is 2.38. The highest BCUT2D eigenvalue weighted by Gasteiger charge is 2.20. The molecule has 2 heterocycles. The van der Waals surface area contributed by atoms with Gasteiger partial charge in [-0.25, -0.2) is 4.68 Å². The molecule has 1 saturated heterocycles. The molecule has 1 aromatic heterocycles. The molecule has 5 nitrogen and oxygen atoms in total. The van der Waals surface area contributed by atoms with Gasteiger partial charge in [0.15, 0.2) is 0 Å². The standard InChI is InChI=1S/C15H23BrN4O/c16-13-10-18-20(11-12-4-3-5-12)15(21)14(13)17-6-9-19-7-1-2-8-19/h10,12,17H,1-9,11H2. The number of nitrogens with one attached hydrogen (secondary N) is 1. The van der Waals surface area contributed by atoms with Gasteiger partial charge in [-0.2, -0.15) is 5.10 Å². The maximum Gasteiger partial charge on any atom is 0.291 e. The van der Waals surface area contributed by atoms with Crippen molar-refractivity contribution in [2.45, 2.75) is 38.6 Å². The molecule has 1 saturated carbocycles. The van der Waals surface area contributed by atoms with Crippen LogP contribution < -0.4 is 10.9 Å². The average molecular weight is 355 g/mol. The first-order chi connectivity index (χ1) is 10.2. The van der Waals surface area contributed by atoms with Gasteiger partial charge in [0, 0.05) is 19.6 Å². The highest BCUT2D eigenvalue weighted by atomic mass is 79.9. The predicted octanol–water partition coefficient (Wildman–Crippen LogP) is 2.31. The van der Waals surface area contributed by atoms with Crippen LogP contribution in [0.1, 0.15) is 32.1 Å². The Kier molecular flexibility index (Phi) is 4.95. The monoisotopic (exact) mass is 354 g/mol. The molecule has 0 amide bonds. The number of nitrogens with zero attached hydrogens (tertiary/aromatic N) is 3. The van der Waals surface area contributed by atoms with E-state index in [1.165, 1.54) is 45.2 Å². The molecule has 3 rings (SSSR count). The van der Waals surface area contributed by atoms with Gasteiger partial charge in [-0.3, -0.25) is 4.79 Å². The van der Waals surface area contributed by atoms with Crippen LogP contribution in [0.3, 0.4) is 0 Å². The maximum atomic E-state index is 12.5. The molecule has 1 aromatic rings. The van der Waals surface area contributed by atoms with Crippen molar-refractivity contribution in [2.24, 2.45) is 5.92 Å². The minimum atomic E-state index is -0.00213. The van der Waals surface area contributed by atoms with E-state index in [4.69, 9.17) is 0 Å². The predicted molar refractivity (Wildman–Crippen MR) is 87.7 cm³/mol. The summed E-state index contributed by atoms with van der Waals surface area (Å²) in [6.45, 7) is 4.93. The zero-order chi connectivity index (χ0) is 14.7. The fraction of sp³-hybridized carbons (Fsp3) is 0.733. The molecule has 0 aromatic carbocycles. The second kappa shape index (κ2) is 6.92. The molecule has 6 heteroatoms. The van der Waals surface area contributed by atoms with E-state index < -0.39 is 0 Å². The zero-order valence-electron chi connectivity index (χ0n) is 12.4. The van der Waals surface area contributed by atoms with Crippen molar-refractivity contribution in [2.75, 3.05) is 31.5 Å². The quantitative estimate of drug-likeness (QED) is 0.851. The number of hydrogen-bond donors (Lipinski definition) is 1. The second-order valence-electron chi connectivity index (χ2n) is 6.13. The summed E-state index contributed by atoms with van der Waals surface area (Å²) in [5.41, 5.74) is 0.654. The van der Waals surface area contributed by atoms with E-state index in [-0.39, 0.29) is 5.56 Å². The van der Waals surface area contributed by atoms with Gasteiger partial charge in [0.25, 0.3) is 5.56 Å². The van der Waals surface area contributed by atoms with Gasteiger partial charge in [-0.1, -0.05) is 6.42 Å². The van der Waals surface area contributed by atoms with E-state index in [0.717, 1.165) is 24.1 Å². The Labute approximate surface area is 133 Å². The largest absolute Gasteiger partial charge is 0.378 e. The fourth-order valence-electron chi connectivity index (χ4n) is 3.02. The molecule has 2 aliphatic rings. The highest BCUT2D eigenvalue weighted by Crippen LogP contribution is 2.27. The third-order valence-electron chi connectivity index (χ3n) is 4.58. The van der Waals surface area contributed by atoms with Crippen LogP contribution in [0.2, 0.25) is 0 Å². The second-order valence-corrected chi connectivity index (χ2v) is 6.98. The molecule has 1 N–H and O–H groups in total. The average Bonchev–Trinajstić information content (AvgIpc) is 2.93. The number of halogens is 1. The van der Waals surface area contributed by atoms with Crippen molar-refractivity contribution >= 4 is 21.6 Å². The van der Waals surface area contributed by atoms with Crippen molar-refractivity contribution in [3.63, 3.8) is 0 Å². The van der Waals surface area contributed by atoms with E-state index >= 15 is 0 Å². The lowest BCUT2D eigenvalue weighted by molar-refractivity contribution is 0.262. The van der Waals surface area contributed by atoms with Gasteiger partial charge in [0.2, 0.25) is 0 Å². The number of aromatic nitrogens is 2. The van der Waals surface area contributed by atoms with Crippen molar-refractivity contribution in [1.29, 1.82) is 0 Å². The van der Waals surface area contributed by atoms with Crippen LogP contribution in [0, 0.1) is 5.92 Å². The number of anilines is 1. The van der Waals surface area contributed by atoms with Crippen LogP contribution in [-0.4, -0.2) is 40.9 Å². The summed E-state index contributed by atoms with van der Waals surface area (Å²) in [5, 5.41) is 7.55. The third-order valence-corrected chi connectivity index (χ3v) is 5.18. The van der Waals surface area contributed by atoms with Crippen molar-refractivity contribution in [3.8, 4) is 0 Å². The minimum Gasteiger partial charge on any atom is -0.378 e. The van der Waals surface area contributed by atoms with Gasteiger partial charge >= 0.3 is 0 Å². The summed E-state index contributed by atoms with van der Waals surface area (Å²) in [4.78, 5) is 14.9. The van der Waals surface area contributed by atoms with Crippen molar-refractivity contribution in [3.05, 3.63) is 21.0 Å². The van der Waals surface area contributed by atoms with Crippen LogP contribution in [0.25, 0.3) is 0 Å². The van der Waals surface area contributed by atoms with E-state index in [9.17, 15) is 4.79 Å². The van der Waals surface area contributed by atoms with Crippen LogP contribution in [0.15, 0.2) is 15.5 Å². The summed E-state index contributed by atoms with van der Waals surface area (Å²) in [7, 11) is 0. The summed E-state index contributed by atoms with van der Waals surface area (Å²) in [6.07, 6.45) is 8.07. The summed E-state index contributed by atoms with van der Waals surface area (Å²) >= 11 is 3.44. The minimum absolute atomic E-state index is 0.00213. The molecule has 21 heavy (non-hydrogen) atoms. The summed E-state index contributed by atoms with van der Waals surface area (Å²) in [6, 6.07) is 0. The fourth-order valence-corrected chi connectivity index (χ4v) is 3.43. The first-order valence-corrected chi connectivity index (χ1v) is 8.75. The van der Waals surface area contributed by atoms with Gasteiger partial charge in [-0.15, -0.1) is 0 Å². The topological polar surface area (TPSA) is 50.2 Å². The summed E-state index contributed by atoms with van der Waals surface area (Å²) in [5.74, 6) is 0.633. The van der Waals surface area contributed by atoms with E-state index in [0.29, 0.717) is 11.6 Å². The van der Waals surface area contributed by atoms with Gasteiger partial charge in [0.1, 0.15) is 5.69 Å². The molecule has 0 radical (unpaired) electrons. The van der Waals surface area contributed by atoms with Crippen molar-refractivity contribution < 1.29 is 0 Å². The molecular formula is C15H23BrN4O. The highest BCUT2D eigenvalue weighted by molar-refractivity contribution is 9.10. The zero-order valence-corrected chi connectivity index (χ0v) is 13.9. The van der Waals surface area contributed by atoms with Crippen LogP contribution in [0.4, 0.5) is 5.69 Å². The lowest BCUT2D eigenvalue weighted by Crippen LogP contribution is -2.32. The van der Waals surface area contributed by atoms with Crippen LogP contribution >= 0.6 is 15.9 Å². The molecule has 1 aliphatic heterocycles. The lowest BCUT2D eigenvalue weighted by Gasteiger charge is -2.25. The molecule has 0 spiro atoms. The first kappa shape index (κ1) is 15.0.